The van der Waals surface area contributed by atoms with Gasteiger partial charge in [0.05, 0.1) is 0 Å². The Bertz CT molecular complexity index is 776. The molecule has 6 nitrogen and oxygen atoms in total. The van der Waals surface area contributed by atoms with Gasteiger partial charge in [0.2, 0.25) is 12.7 Å². The van der Waals surface area contributed by atoms with Crippen molar-refractivity contribution in [3.05, 3.63) is 23.8 Å². The van der Waals surface area contributed by atoms with Crippen molar-refractivity contribution in [1.29, 1.82) is 0 Å². The average Bonchev–Trinajstić information content (AvgIpc) is 3.45. The van der Waals surface area contributed by atoms with Gasteiger partial charge in [-0.1, -0.05) is 6.07 Å². The van der Waals surface area contributed by atoms with Gasteiger partial charge in [-0.15, -0.1) is 0 Å². The SMILES string of the molecule is O=C1CCCN1CCN1C[C@H](c2ccc3c(c2)OCO3)[C@@H]2[C@H]1C1CCN2CC1. The number of likely N-dealkylation sites (tertiary alicyclic amines) is 2. The first-order chi connectivity index (χ1) is 13.8. The van der Waals surface area contributed by atoms with E-state index >= 15 is 0 Å². The van der Waals surface area contributed by atoms with Gasteiger partial charge in [-0.25, -0.2) is 0 Å². The highest BCUT2D eigenvalue weighted by atomic mass is 16.7. The number of piperidine rings is 3. The largest absolute Gasteiger partial charge is 0.454 e. The third-order valence-electron chi connectivity index (χ3n) is 7.75. The Labute approximate surface area is 166 Å². The number of nitrogens with zero attached hydrogens (tertiary/aromatic N) is 3. The van der Waals surface area contributed by atoms with Crippen LogP contribution in [-0.4, -0.2) is 78.8 Å². The Morgan fingerprint density at radius 3 is 2.68 bits per heavy atom. The predicted octanol–water partition coefficient (Wildman–Crippen LogP) is 1.90. The lowest BCUT2D eigenvalue weighted by Gasteiger charge is -2.51. The van der Waals surface area contributed by atoms with Crippen LogP contribution in [-0.2, 0) is 4.79 Å². The molecule has 7 rings (SSSR count). The monoisotopic (exact) mass is 383 g/mol. The van der Waals surface area contributed by atoms with E-state index < -0.39 is 0 Å². The molecule has 0 unspecified atom stereocenters. The van der Waals surface area contributed by atoms with Crippen LogP contribution in [0.15, 0.2) is 18.2 Å². The molecule has 1 aromatic rings. The molecule has 0 radical (unpaired) electrons. The van der Waals surface area contributed by atoms with Crippen LogP contribution < -0.4 is 9.47 Å². The van der Waals surface area contributed by atoms with E-state index in [-0.39, 0.29) is 0 Å². The van der Waals surface area contributed by atoms with Crippen molar-refractivity contribution >= 4 is 5.91 Å². The first-order valence-electron chi connectivity index (χ1n) is 10.9. The van der Waals surface area contributed by atoms with Gasteiger partial charge in [-0.05, 0) is 56.0 Å². The molecule has 6 heteroatoms. The van der Waals surface area contributed by atoms with Crippen LogP contribution in [0.2, 0.25) is 0 Å². The van der Waals surface area contributed by atoms with Gasteiger partial charge in [0.1, 0.15) is 0 Å². The summed E-state index contributed by atoms with van der Waals surface area (Å²) < 4.78 is 11.2. The molecule has 6 aliphatic rings. The van der Waals surface area contributed by atoms with E-state index in [1.807, 2.05) is 0 Å². The molecule has 1 aromatic carbocycles. The molecule has 6 heterocycles. The molecular weight excluding hydrogens is 354 g/mol. The van der Waals surface area contributed by atoms with Crippen LogP contribution >= 0.6 is 0 Å². The van der Waals surface area contributed by atoms with Gasteiger partial charge in [0.15, 0.2) is 11.5 Å². The van der Waals surface area contributed by atoms with Crippen LogP contribution in [0.1, 0.15) is 37.2 Å². The Balaban J connectivity index is 1.26. The van der Waals surface area contributed by atoms with E-state index in [9.17, 15) is 4.79 Å². The third-order valence-corrected chi connectivity index (χ3v) is 7.75. The highest BCUT2D eigenvalue weighted by Gasteiger charge is 2.53. The minimum atomic E-state index is 0.333. The number of hydrogen-bond acceptors (Lipinski definition) is 5. The highest BCUT2D eigenvalue weighted by Crippen LogP contribution is 2.47. The smallest absolute Gasteiger partial charge is 0.231 e. The molecule has 3 atom stereocenters. The van der Waals surface area contributed by atoms with Gasteiger partial charge in [0, 0.05) is 50.6 Å². The summed E-state index contributed by atoms with van der Waals surface area (Å²) in [6, 6.07) is 7.76. The van der Waals surface area contributed by atoms with E-state index in [2.05, 4.69) is 32.9 Å². The van der Waals surface area contributed by atoms with Crippen LogP contribution in [0.5, 0.6) is 11.5 Å². The zero-order valence-corrected chi connectivity index (χ0v) is 16.4. The van der Waals surface area contributed by atoms with Crippen molar-refractivity contribution in [3.63, 3.8) is 0 Å². The molecule has 0 N–H and O–H groups in total. The van der Waals surface area contributed by atoms with E-state index in [1.165, 1.54) is 31.5 Å². The van der Waals surface area contributed by atoms with Gasteiger partial charge in [-0.2, -0.15) is 0 Å². The van der Waals surface area contributed by atoms with E-state index in [0.29, 0.717) is 30.7 Å². The zero-order valence-electron chi connectivity index (χ0n) is 16.4. The van der Waals surface area contributed by atoms with Gasteiger partial charge in [0.25, 0.3) is 0 Å². The fraction of sp³-hybridized carbons (Fsp3) is 0.682. The maximum Gasteiger partial charge on any atom is 0.231 e. The Hall–Kier alpha value is -1.79. The minimum Gasteiger partial charge on any atom is -0.454 e. The van der Waals surface area contributed by atoms with Gasteiger partial charge < -0.3 is 14.4 Å². The van der Waals surface area contributed by atoms with Crippen molar-refractivity contribution in [2.24, 2.45) is 5.92 Å². The molecule has 5 fully saturated rings. The number of rotatable bonds is 4. The maximum atomic E-state index is 12.1. The van der Waals surface area contributed by atoms with Crippen molar-refractivity contribution in [2.75, 3.05) is 46.1 Å². The molecule has 28 heavy (non-hydrogen) atoms. The fourth-order valence-electron chi connectivity index (χ4n) is 6.42. The van der Waals surface area contributed by atoms with Crippen LogP contribution in [0.25, 0.3) is 0 Å². The molecule has 0 aromatic heterocycles. The average molecular weight is 383 g/mol. The normalized spacial score (nSPS) is 36.4. The maximum absolute atomic E-state index is 12.1. The lowest BCUT2D eigenvalue weighted by molar-refractivity contribution is -0.128. The number of ether oxygens (including phenoxy) is 2. The Morgan fingerprint density at radius 2 is 1.86 bits per heavy atom. The zero-order chi connectivity index (χ0) is 18.7. The Kier molecular flexibility index (Phi) is 4.05. The van der Waals surface area contributed by atoms with E-state index in [1.54, 1.807) is 0 Å². The molecule has 0 aliphatic carbocycles. The summed E-state index contributed by atoms with van der Waals surface area (Å²) in [6.45, 7) is 6.75. The molecule has 5 saturated heterocycles. The fourth-order valence-corrected chi connectivity index (χ4v) is 6.42. The molecule has 150 valence electrons. The van der Waals surface area contributed by atoms with Crippen LogP contribution in [0.3, 0.4) is 0 Å². The highest BCUT2D eigenvalue weighted by molar-refractivity contribution is 5.78. The minimum absolute atomic E-state index is 0.333. The first kappa shape index (κ1) is 17.1. The predicted molar refractivity (Wildman–Crippen MR) is 105 cm³/mol. The Morgan fingerprint density at radius 1 is 1.00 bits per heavy atom. The topological polar surface area (TPSA) is 45.3 Å². The summed E-state index contributed by atoms with van der Waals surface area (Å²) in [4.78, 5) is 19.6. The summed E-state index contributed by atoms with van der Waals surface area (Å²) in [5.74, 6) is 3.43. The number of fused-ring (bicyclic) bond motifs is 3. The lowest BCUT2D eigenvalue weighted by Crippen LogP contribution is -2.60. The number of benzene rings is 1. The second-order valence-corrected chi connectivity index (χ2v) is 9.05. The van der Waals surface area contributed by atoms with Crippen molar-refractivity contribution in [3.8, 4) is 11.5 Å². The molecule has 6 aliphatic heterocycles. The first-order valence-corrected chi connectivity index (χ1v) is 10.9. The van der Waals surface area contributed by atoms with Crippen molar-refractivity contribution in [2.45, 2.75) is 43.7 Å². The molecule has 0 spiro atoms. The summed E-state index contributed by atoms with van der Waals surface area (Å²) >= 11 is 0. The van der Waals surface area contributed by atoms with Crippen molar-refractivity contribution < 1.29 is 14.3 Å². The summed E-state index contributed by atoms with van der Waals surface area (Å²) in [7, 11) is 0. The molecular formula is C22H29N3O3. The van der Waals surface area contributed by atoms with Gasteiger partial charge in [-0.3, -0.25) is 14.6 Å². The van der Waals surface area contributed by atoms with E-state index in [0.717, 1.165) is 56.4 Å². The van der Waals surface area contributed by atoms with Crippen LogP contribution in [0.4, 0.5) is 0 Å². The lowest BCUT2D eigenvalue weighted by atomic mass is 9.75. The molecule has 2 bridgehead atoms. The third kappa shape index (κ3) is 2.65. The van der Waals surface area contributed by atoms with Crippen molar-refractivity contribution in [1.82, 2.24) is 14.7 Å². The van der Waals surface area contributed by atoms with E-state index in [4.69, 9.17) is 9.47 Å². The number of carbonyl (C=O) groups is 1. The summed E-state index contributed by atoms with van der Waals surface area (Å²) in [6.07, 6.45) is 4.42. The summed E-state index contributed by atoms with van der Waals surface area (Å²) in [5, 5.41) is 0. The molecule has 0 saturated carbocycles. The number of hydrogen-bond donors (Lipinski definition) is 0. The van der Waals surface area contributed by atoms with Crippen LogP contribution in [0, 0.1) is 5.92 Å². The standard InChI is InChI=1S/C22H29N3O3/c26-20-2-1-7-23(20)10-11-25-13-17(16-3-4-18-19(12-16)28-14-27-18)22-21(25)15-5-8-24(22)9-6-15/h3-4,12,15,17,21-22H,1-2,5-11,13-14H2/t17-,21-,22-/m1/s1. The van der Waals surface area contributed by atoms with Gasteiger partial charge >= 0.3 is 0 Å². The quantitative estimate of drug-likeness (QED) is 0.795. The summed E-state index contributed by atoms with van der Waals surface area (Å²) in [5.41, 5.74) is 1.38. The number of amides is 1. The number of carbonyl (C=O) groups excluding carboxylic acids is 1. The second kappa shape index (κ2) is 6.63. The second-order valence-electron chi connectivity index (χ2n) is 9.05. The molecule has 1 amide bonds.